The fourth-order valence-electron chi connectivity index (χ4n) is 5.70. The number of benzene rings is 2. The SMILES string of the molecule is NC(=O)c1nc(Nc2ccccc2)sc1NC(=O)C1CCCCC1.NC(=O)c1nc(Nc2ccccc2)sc1NC(=O)C1CCCCC1. The summed E-state index contributed by atoms with van der Waals surface area (Å²) in [7, 11) is 0. The molecule has 0 unspecified atom stereocenters. The molecule has 0 spiro atoms. The van der Waals surface area contributed by atoms with Crippen LogP contribution in [-0.2, 0) is 9.59 Å². The number of amides is 4. The highest BCUT2D eigenvalue weighted by atomic mass is 32.1. The molecule has 4 amide bonds. The van der Waals surface area contributed by atoms with Crippen LogP contribution in [0.25, 0.3) is 0 Å². The second-order valence-electron chi connectivity index (χ2n) is 11.8. The van der Waals surface area contributed by atoms with Gasteiger partial charge in [-0.3, -0.25) is 19.2 Å². The van der Waals surface area contributed by atoms with Gasteiger partial charge in [-0.05, 0) is 49.9 Å². The van der Waals surface area contributed by atoms with E-state index in [0.29, 0.717) is 20.3 Å². The Hall–Kier alpha value is -4.82. The molecule has 0 saturated heterocycles. The van der Waals surface area contributed by atoms with Crippen LogP contribution in [0.1, 0.15) is 85.2 Å². The first-order chi connectivity index (χ1) is 23.3. The van der Waals surface area contributed by atoms with E-state index in [9.17, 15) is 19.2 Å². The minimum absolute atomic E-state index is 0.00658. The molecule has 2 aliphatic carbocycles. The van der Waals surface area contributed by atoms with Crippen molar-refractivity contribution >= 4 is 77.9 Å². The van der Waals surface area contributed by atoms with Gasteiger partial charge in [0.05, 0.1) is 0 Å². The van der Waals surface area contributed by atoms with Gasteiger partial charge in [-0.15, -0.1) is 0 Å². The Bertz CT molecular complexity index is 1570. The van der Waals surface area contributed by atoms with Gasteiger partial charge in [-0.1, -0.05) is 97.6 Å². The lowest BCUT2D eigenvalue weighted by molar-refractivity contribution is -0.121. The van der Waals surface area contributed by atoms with Gasteiger partial charge in [0, 0.05) is 23.2 Å². The van der Waals surface area contributed by atoms with Crippen molar-refractivity contribution in [2.45, 2.75) is 64.2 Å². The third-order valence-electron chi connectivity index (χ3n) is 8.20. The third-order valence-corrected chi connectivity index (χ3v) is 9.97. The maximum atomic E-state index is 12.4. The minimum atomic E-state index is -0.647. The number of carbonyl (C=O) groups excluding carboxylic acids is 4. The van der Waals surface area contributed by atoms with Crippen LogP contribution >= 0.6 is 22.7 Å². The van der Waals surface area contributed by atoms with Crippen LogP contribution in [0.2, 0.25) is 0 Å². The average Bonchev–Trinajstić information content (AvgIpc) is 3.70. The average molecular weight is 689 g/mol. The van der Waals surface area contributed by atoms with Crippen molar-refractivity contribution in [3.8, 4) is 0 Å². The highest BCUT2D eigenvalue weighted by Gasteiger charge is 2.26. The second kappa shape index (κ2) is 16.8. The van der Waals surface area contributed by atoms with E-state index in [1.165, 1.54) is 35.5 Å². The Balaban J connectivity index is 0.000000188. The normalized spacial score (nSPS) is 15.0. The highest BCUT2D eigenvalue weighted by molar-refractivity contribution is 7.20. The molecule has 0 atom stereocenters. The van der Waals surface area contributed by atoms with Gasteiger partial charge in [-0.2, -0.15) is 0 Å². The first-order valence-corrected chi connectivity index (χ1v) is 17.8. The van der Waals surface area contributed by atoms with E-state index in [4.69, 9.17) is 11.5 Å². The summed E-state index contributed by atoms with van der Waals surface area (Å²) in [6.45, 7) is 0. The smallest absolute Gasteiger partial charge is 0.270 e. The topological polar surface area (TPSA) is 194 Å². The van der Waals surface area contributed by atoms with Crippen LogP contribution in [0.5, 0.6) is 0 Å². The number of nitrogens with one attached hydrogen (secondary N) is 4. The van der Waals surface area contributed by atoms with E-state index in [1.54, 1.807) is 0 Å². The van der Waals surface area contributed by atoms with E-state index in [1.807, 2.05) is 60.7 Å². The first-order valence-electron chi connectivity index (χ1n) is 16.1. The molecule has 252 valence electrons. The number of hydrogen-bond acceptors (Lipinski definition) is 10. The van der Waals surface area contributed by atoms with E-state index in [-0.39, 0.29) is 35.0 Å². The molecular formula is C34H40N8O4S2. The molecule has 2 fully saturated rings. The molecule has 12 nitrogen and oxygen atoms in total. The molecule has 2 aliphatic rings. The van der Waals surface area contributed by atoms with Crippen molar-refractivity contribution in [2.24, 2.45) is 23.3 Å². The molecule has 2 aromatic heterocycles. The van der Waals surface area contributed by atoms with Crippen molar-refractivity contribution in [2.75, 3.05) is 21.3 Å². The van der Waals surface area contributed by atoms with Gasteiger partial charge in [0.1, 0.15) is 10.0 Å². The lowest BCUT2D eigenvalue weighted by Crippen LogP contribution is -2.25. The summed E-state index contributed by atoms with van der Waals surface area (Å²) in [6.07, 6.45) is 10.2. The number of para-hydroxylation sites is 2. The van der Waals surface area contributed by atoms with E-state index >= 15 is 0 Å². The zero-order valence-electron chi connectivity index (χ0n) is 26.5. The van der Waals surface area contributed by atoms with E-state index in [2.05, 4.69) is 31.2 Å². The highest BCUT2D eigenvalue weighted by Crippen LogP contribution is 2.34. The summed E-state index contributed by atoms with van der Waals surface area (Å²) >= 11 is 2.44. The summed E-state index contributed by atoms with van der Waals surface area (Å²) in [5, 5.41) is 13.8. The zero-order valence-corrected chi connectivity index (χ0v) is 28.1. The Morgan fingerprint density at radius 3 is 1.25 bits per heavy atom. The van der Waals surface area contributed by atoms with Crippen LogP contribution in [0.15, 0.2) is 60.7 Å². The molecule has 14 heteroatoms. The van der Waals surface area contributed by atoms with Gasteiger partial charge < -0.3 is 32.7 Å². The summed E-state index contributed by atoms with van der Waals surface area (Å²) in [5.74, 6) is -1.38. The molecule has 48 heavy (non-hydrogen) atoms. The maximum absolute atomic E-state index is 12.4. The predicted molar refractivity (Wildman–Crippen MR) is 191 cm³/mol. The predicted octanol–water partition coefficient (Wildman–Crippen LogP) is 7.01. The molecule has 6 rings (SSSR count). The van der Waals surface area contributed by atoms with Crippen molar-refractivity contribution in [3.63, 3.8) is 0 Å². The van der Waals surface area contributed by atoms with Gasteiger partial charge in [-0.25, -0.2) is 9.97 Å². The largest absolute Gasteiger partial charge is 0.364 e. The number of nitrogens with zero attached hydrogens (tertiary/aromatic N) is 2. The van der Waals surface area contributed by atoms with E-state index in [0.717, 1.165) is 62.7 Å². The van der Waals surface area contributed by atoms with Crippen molar-refractivity contribution in [1.29, 1.82) is 0 Å². The van der Waals surface area contributed by atoms with Gasteiger partial charge >= 0.3 is 0 Å². The Kier molecular flexibility index (Phi) is 12.1. The Labute approximate surface area is 287 Å². The number of rotatable bonds is 10. The number of nitrogens with two attached hydrogens (primary N) is 2. The van der Waals surface area contributed by atoms with Crippen molar-refractivity contribution < 1.29 is 19.2 Å². The molecular weight excluding hydrogens is 649 g/mol. The Morgan fingerprint density at radius 1 is 0.562 bits per heavy atom. The number of primary amides is 2. The second-order valence-corrected chi connectivity index (χ2v) is 13.8. The Morgan fingerprint density at radius 2 is 0.917 bits per heavy atom. The monoisotopic (exact) mass is 688 g/mol. The lowest BCUT2D eigenvalue weighted by atomic mass is 9.89. The number of hydrogen-bond donors (Lipinski definition) is 6. The van der Waals surface area contributed by atoms with E-state index < -0.39 is 11.8 Å². The van der Waals surface area contributed by atoms with Crippen LogP contribution < -0.4 is 32.7 Å². The molecule has 0 radical (unpaired) electrons. The quantitative estimate of drug-likeness (QED) is 0.102. The molecule has 8 N–H and O–H groups in total. The first kappa shape index (κ1) is 34.5. The third kappa shape index (κ3) is 9.61. The summed E-state index contributed by atoms with van der Waals surface area (Å²) in [6, 6.07) is 19.0. The van der Waals surface area contributed by atoms with Gasteiger partial charge in [0.15, 0.2) is 21.7 Å². The van der Waals surface area contributed by atoms with Crippen LogP contribution in [0.3, 0.4) is 0 Å². The van der Waals surface area contributed by atoms with Crippen molar-refractivity contribution in [1.82, 2.24) is 9.97 Å². The van der Waals surface area contributed by atoms with Crippen LogP contribution in [0.4, 0.5) is 31.6 Å². The summed E-state index contributed by atoms with van der Waals surface area (Å²) < 4.78 is 0. The summed E-state index contributed by atoms with van der Waals surface area (Å²) in [5.41, 5.74) is 12.7. The summed E-state index contributed by atoms with van der Waals surface area (Å²) in [4.78, 5) is 56.5. The van der Waals surface area contributed by atoms with Crippen LogP contribution in [-0.4, -0.2) is 33.6 Å². The zero-order chi connectivity index (χ0) is 33.9. The van der Waals surface area contributed by atoms with Gasteiger partial charge in [0.25, 0.3) is 11.8 Å². The minimum Gasteiger partial charge on any atom is -0.364 e. The van der Waals surface area contributed by atoms with Crippen LogP contribution in [0, 0.1) is 11.8 Å². The molecule has 2 heterocycles. The standard InChI is InChI=1S/2C17H20N4O2S/c2*18-14(22)13-16(21-15(23)11-7-3-1-4-8-11)24-17(20-13)19-12-9-5-2-6-10-12/h2*2,5-6,9-11H,1,3-4,7-8H2,(H2,18,22)(H,19,20)(H,21,23). The number of aromatic nitrogens is 2. The van der Waals surface area contributed by atoms with Crippen molar-refractivity contribution in [3.05, 3.63) is 72.1 Å². The molecule has 2 saturated carbocycles. The fourth-order valence-corrected chi connectivity index (χ4v) is 7.49. The molecule has 0 aliphatic heterocycles. The lowest BCUT2D eigenvalue weighted by Gasteiger charge is -2.20. The van der Waals surface area contributed by atoms with Gasteiger partial charge in [0.2, 0.25) is 11.8 Å². The number of carbonyl (C=O) groups is 4. The molecule has 2 aromatic carbocycles. The number of thiazole rings is 2. The number of anilines is 6. The maximum Gasteiger partial charge on any atom is 0.270 e. The molecule has 4 aromatic rings. The molecule has 0 bridgehead atoms. The fraction of sp³-hybridized carbons (Fsp3) is 0.353.